The molecule has 0 radical (unpaired) electrons. The minimum atomic E-state index is -4.41. The van der Waals surface area contributed by atoms with Crippen LogP contribution in [-0.2, 0) is 21.6 Å². The molecule has 0 unspecified atom stereocenters. The number of hydrogen-bond acceptors (Lipinski definition) is 5. The van der Waals surface area contributed by atoms with Gasteiger partial charge in [-0.2, -0.15) is 0 Å². The van der Waals surface area contributed by atoms with Gasteiger partial charge in [-0.3, -0.25) is 4.18 Å². The van der Waals surface area contributed by atoms with Crippen molar-refractivity contribution in [2.45, 2.75) is 219 Å². The Hall–Kier alpha value is -3.26. The molecule has 0 aliphatic carbocycles. The summed E-state index contributed by atoms with van der Waals surface area (Å²) in [5.41, 5.74) is 6.34. The molecular formula is C59H96N2O4S. The van der Waals surface area contributed by atoms with E-state index in [1.165, 1.54) is 246 Å². The van der Waals surface area contributed by atoms with Crippen molar-refractivity contribution in [1.29, 1.82) is 0 Å². The van der Waals surface area contributed by atoms with E-state index in [4.69, 9.17) is 0 Å². The number of rotatable bonds is 40. The van der Waals surface area contributed by atoms with Gasteiger partial charge in [-0.1, -0.05) is 267 Å². The van der Waals surface area contributed by atoms with E-state index in [9.17, 15) is 13.0 Å². The summed E-state index contributed by atoms with van der Waals surface area (Å²) in [4.78, 5) is 2.70. The number of nitrogens with zero attached hydrogens (tertiary/aromatic N) is 2. The molecule has 1 heterocycles. The highest BCUT2D eigenvalue weighted by atomic mass is 32.3. The molecule has 3 rings (SSSR count). The third-order valence-corrected chi connectivity index (χ3v) is 13.3. The van der Waals surface area contributed by atoms with E-state index in [1.807, 2.05) is 0 Å². The highest BCUT2D eigenvalue weighted by Crippen LogP contribution is 2.21. The Balaban J connectivity index is 0.00000233. The number of anilines is 1. The highest BCUT2D eigenvalue weighted by Gasteiger charge is 2.07. The van der Waals surface area contributed by atoms with Gasteiger partial charge in [0.1, 0.15) is 7.05 Å². The van der Waals surface area contributed by atoms with Crippen molar-refractivity contribution in [3.8, 4) is 0 Å². The van der Waals surface area contributed by atoms with E-state index in [1.54, 1.807) is 0 Å². The van der Waals surface area contributed by atoms with Crippen molar-refractivity contribution in [2.24, 2.45) is 7.05 Å². The predicted molar refractivity (Wildman–Crippen MR) is 286 cm³/mol. The molecule has 2 aromatic carbocycles. The van der Waals surface area contributed by atoms with Crippen molar-refractivity contribution in [3.05, 3.63) is 95.3 Å². The van der Waals surface area contributed by atoms with Crippen LogP contribution in [0.15, 0.2) is 73.1 Å². The first kappa shape index (κ1) is 58.9. The quantitative estimate of drug-likeness (QED) is 0.0187. The minimum absolute atomic E-state index is 0.808. The van der Waals surface area contributed by atoms with Crippen LogP contribution in [0.25, 0.3) is 24.3 Å². The Morgan fingerprint density at radius 1 is 0.424 bits per heavy atom. The Bertz CT molecular complexity index is 1670. The van der Waals surface area contributed by atoms with Gasteiger partial charge in [0.2, 0.25) is 10.4 Å². The fourth-order valence-electron chi connectivity index (χ4n) is 8.59. The fourth-order valence-corrected chi connectivity index (χ4v) is 8.59. The molecule has 66 heavy (non-hydrogen) atoms. The molecule has 7 heteroatoms. The molecular weight excluding hydrogens is 833 g/mol. The number of benzene rings is 2. The van der Waals surface area contributed by atoms with E-state index < -0.39 is 10.4 Å². The van der Waals surface area contributed by atoms with Gasteiger partial charge in [-0.15, -0.1) is 0 Å². The lowest BCUT2D eigenvalue weighted by atomic mass is 10.0. The van der Waals surface area contributed by atoms with Crippen molar-refractivity contribution in [1.82, 2.24) is 0 Å². The SMILES string of the molecule is CCCCCCCCCCCCCCCCCCN(CCCCCCCCCCCCCCCCCC)c1ccc(/C=C/c2ccc(/C=C/c3cc[n+](C)cc3)cc2)cc1.COS(=O)(=O)[O-]. The molecule has 0 spiro atoms. The summed E-state index contributed by atoms with van der Waals surface area (Å²) in [6.45, 7) is 7.00. The lowest BCUT2D eigenvalue weighted by molar-refractivity contribution is -0.671. The third-order valence-electron chi connectivity index (χ3n) is 12.9. The number of hydrogen-bond donors (Lipinski definition) is 0. The van der Waals surface area contributed by atoms with E-state index in [0.29, 0.717) is 0 Å². The van der Waals surface area contributed by atoms with Crippen LogP contribution in [0, 0.1) is 0 Å². The van der Waals surface area contributed by atoms with Crippen LogP contribution >= 0.6 is 0 Å². The largest absolute Gasteiger partial charge is 0.726 e. The molecule has 0 bridgehead atoms. The molecule has 0 N–H and O–H groups in total. The average molecular weight is 929 g/mol. The maximum Gasteiger partial charge on any atom is 0.217 e. The molecule has 0 amide bonds. The second kappa shape index (κ2) is 40.8. The lowest BCUT2D eigenvalue weighted by Gasteiger charge is -2.25. The molecule has 0 saturated carbocycles. The Labute approximate surface area is 407 Å². The molecule has 0 aliphatic heterocycles. The maximum absolute atomic E-state index is 9.22. The smallest absolute Gasteiger partial charge is 0.217 e. The third kappa shape index (κ3) is 34.1. The summed E-state index contributed by atoms with van der Waals surface area (Å²) >= 11 is 0. The van der Waals surface area contributed by atoms with E-state index >= 15 is 0 Å². The molecule has 372 valence electrons. The van der Waals surface area contributed by atoms with Crippen LogP contribution < -0.4 is 9.47 Å². The second-order valence-corrected chi connectivity index (χ2v) is 20.0. The Morgan fingerprint density at radius 3 is 0.909 bits per heavy atom. The predicted octanol–water partition coefficient (Wildman–Crippen LogP) is 17.3. The van der Waals surface area contributed by atoms with Crippen LogP contribution in [0.4, 0.5) is 5.69 Å². The summed E-state index contributed by atoms with van der Waals surface area (Å²) in [5.74, 6) is 0. The molecule has 6 nitrogen and oxygen atoms in total. The van der Waals surface area contributed by atoms with E-state index in [-0.39, 0.29) is 0 Å². The molecule has 0 saturated heterocycles. The maximum atomic E-state index is 9.22. The van der Waals surface area contributed by atoms with Crippen molar-refractivity contribution in [3.63, 3.8) is 0 Å². The first-order chi connectivity index (χ1) is 32.2. The number of aryl methyl sites for hydroxylation is 1. The molecule has 3 aromatic rings. The summed E-state index contributed by atoms with van der Waals surface area (Å²) in [6, 6.07) is 22.5. The van der Waals surface area contributed by atoms with E-state index in [0.717, 1.165) is 7.11 Å². The highest BCUT2D eigenvalue weighted by molar-refractivity contribution is 7.80. The van der Waals surface area contributed by atoms with Crippen LogP contribution in [0.1, 0.15) is 242 Å². The summed E-state index contributed by atoms with van der Waals surface area (Å²) < 4.78 is 33.1. The van der Waals surface area contributed by atoms with Crippen molar-refractivity contribution in [2.75, 3.05) is 25.1 Å². The monoisotopic (exact) mass is 929 g/mol. The van der Waals surface area contributed by atoms with Gasteiger partial charge < -0.3 is 9.45 Å². The summed E-state index contributed by atoms with van der Waals surface area (Å²) in [5, 5.41) is 0. The van der Waals surface area contributed by atoms with Crippen LogP contribution in [0.5, 0.6) is 0 Å². The summed E-state index contributed by atoms with van der Waals surface area (Å²) in [7, 11) is -1.55. The first-order valence-electron chi connectivity index (χ1n) is 27.0. The van der Waals surface area contributed by atoms with Gasteiger partial charge in [0.25, 0.3) is 0 Å². The fraction of sp³-hybridized carbons (Fsp3) is 0.644. The molecule has 0 fully saturated rings. The zero-order chi connectivity index (χ0) is 47.6. The summed E-state index contributed by atoms with van der Waals surface area (Å²) in [6.07, 6.45) is 58.7. The van der Waals surface area contributed by atoms with Gasteiger partial charge in [-0.05, 0) is 47.2 Å². The van der Waals surface area contributed by atoms with Crippen molar-refractivity contribution < 1.29 is 21.7 Å². The van der Waals surface area contributed by atoms with Crippen LogP contribution in [0.2, 0.25) is 0 Å². The Kier molecular flexibility index (Phi) is 36.4. The van der Waals surface area contributed by atoms with Gasteiger partial charge in [-0.25, -0.2) is 13.0 Å². The molecule has 0 atom stereocenters. The topological polar surface area (TPSA) is 73.5 Å². The van der Waals surface area contributed by atoms with Crippen LogP contribution in [0.3, 0.4) is 0 Å². The Morgan fingerprint density at radius 2 is 0.652 bits per heavy atom. The van der Waals surface area contributed by atoms with Crippen LogP contribution in [-0.4, -0.2) is 33.2 Å². The molecule has 1 aromatic heterocycles. The minimum Gasteiger partial charge on any atom is -0.726 e. The van der Waals surface area contributed by atoms with E-state index in [2.05, 4.69) is 132 Å². The zero-order valence-electron chi connectivity index (χ0n) is 42.7. The standard InChI is InChI=1S/C58H93N2.CH4O4S/c1-4-6-8-10-12-14-16-18-20-22-24-26-28-30-32-34-50-60(51-35-33-31-29-27-25-23-21-19-17-15-13-11-9-7-5-2)58-46-44-56(45-47-58)41-40-54-36-38-55(39-37-54)42-43-57-48-52-59(3)53-49-57;1-5-6(2,3)4/h36-49,52-53H,4-35,50-51H2,1-3H3;1H3,(H,2,3,4)/q+1;/p-1. The number of aromatic nitrogens is 1. The zero-order valence-corrected chi connectivity index (χ0v) is 43.5. The second-order valence-electron chi connectivity index (χ2n) is 18.9. The van der Waals surface area contributed by atoms with Gasteiger partial charge in [0.05, 0.1) is 7.11 Å². The average Bonchev–Trinajstić information content (AvgIpc) is 3.32. The van der Waals surface area contributed by atoms with Gasteiger partial charge in [0.15, 0.2) is 12.4 Å². The normalized spacial score (nSPS) is 11.7. The van der Waals surface area contributed by atoms with Gasteiger partial charge >= 0.3 is 0 Å². The number of unbranched alkanes of at least 4 members (excludes halogenated alkanes) is 30. The lowest BCUT2D eigenvalue weighted by Crippen LogP contribution is -2.25. The first-order valence-corrected chi connectivity index (χ1v) is 28.4. The van der Waals surface area contributed by atoms with Crippen molar-refractivity contribution >= 4 is 40.4 Å². The van der Waals surface area contributed by atoms with Gasteiger partial charge in [0, 0.05) is 30.9 Å². The molecule has 0 aliphatic rings. The number of pyridine rings is 1.